The predicted molar refractivity (Wildman–Crippen MR) is 125 cm³/mol. The number of nitrogens with one attached hydrogen (secondary N) is 3. The Kier molecular flexibility index (Phi) is 10.1. The number of aromatic amines is 1. The number of aliphatic carboxylic acids is 1. The van der Waals surface area contributed by atoms with Gasteiger partial charge >= 0.3 is 24.3 Å². The highest BCUT2D eigenvalue weighted by molar-refractivity contribution is 7.16. The van der Waals surface area contributed by atoms with Crippen LogP contribution in [0.2, 0.25) is 0 Å². The van der Waals surface area contributed by atoms with E-state index in [0.29, 0.717) is 17.4 Å². The quantitative estimate of drug-likeness (QED) is 0.211. The summed E-state index contributed by atoms with van der Waals surface area (Å²) in [5.41, 5.74) is 5.72. The van der Waals surface area contributed by atoms with Crippen LogP contribution in [0.4, 0.5) is 26.3 Å². The summed E-state index contributed by atoms with van der Waals surface area (Å²) in [6.07, 6.45) is -8.24. The average molecular weight is 582 g/mol. The maximum atomic E-state index is 13.5. The molecule has 0 unspecified atom stereocenters. The molecule has 2 aromatic heterocycles. The lowest BCUT2D eigenvalue weighted by Crippen LogP contribution is -2.46. The highest BCUT2D eigenvalue weighted by atomic mass is 32.1. The number of halogens is 6. The van der Waals surface area contributed by atoms with Gasteiger partial charge in [-0.25, -0.2) is 9.59 Å². The van der Waals surface area contributed by atoms with Crippen LogP contribution in [-0.2, 0) is 27.0 Å². The van der Waals surface area contributed by atoms with E-state index in [4.69, 9.17) is 15.6 Å². The third kappa shape index (κ3) is 8.18. The maximum absolute atomic E-state index is 13.5. The Hall–Kier alpha value is -4.12. The van der Waals surface area contributed by atoms with Crippen LogP contribution in [0, 0.1) is 0 Å². The smallest absolute Gasteiger partial charge is 0.475 e. The number of benzene rings is 1. The van der Waals surface area contributed by atoms with Crippen molar-refractivity contribution in [1.82, 2.24) is 15.6 Å². The molecule has 0 bridgehead atoms. The fourth-order valence-corrected chi connectivity index (χ4v) is 4.03. The number of H-pyrrole nitrogens is 1. The minimum Gasteiger partial charge on any atom is -0.475 e. The van der Waals surface area contributed by atoms with Gasteiger partial charge < -0.3 is 31.2 Å². The van der Waals surface area contributed by atoms with Gasteiger partial charge in [0.15, 0.2) is 0 Å². The SMILES string of the molecule is COC(=O)[C@H](CN)NC(=O)c1sc(C(=O)NCc2cccc3[nH]ccc23)cc1C(F)(F)F.O=C(O)C(F)(F)F. The van der Waals surface area contributed by atoms with E-state index in [-0.39, 0.29) is 18.0 Å². The molecule has 3 rings (SSSR count). The summed E-state index contributed by atoms with van der Waals surface area (Å²) in [5, 5.41) is 12.7. The van der Waals surface area contributed by atoms with Crippen LogP contribution in [0.25, 0.3) is 10.9 Å². The molecule has 2 heterocycles. The number of carboxylic acids is 1. The number of hydrogen-bond donors (Lipinski definition) is 5. The number of amides is 2. The van der Waals surface area contributed by atoms with E-state index in [2.05, 4.69) is 20.4 Å². The predicted octanol–water partition coefficient (Wildman–Crippen LogP) is 3.04. The first-order valence-corrected chi connectivity index (χ1v) is 11.3. The molecule has 0 saturated carbocycles. The summed E-state index contributed by atoms with van der Waals surface area (Å²) in [6, 6.07) is 6.52. The van der Waals surface area contributed by atoms with Crippen molar-refractivity contribution in [3.05, 3.63) is 57.4 Å². The van der Waals surface area contributed by atoms with Crippen molar-refractivity contribution in [1.29, 1.82) is 0 Å². The van der Waals surface area contributed by atoms with Gasteiger partial charge in [0, 0.05) is 30.2 Å². The molecule has 6 N–H and O–H groups in total. The van der Waals surface area contributed by atoms with E-state index < -0.39 is 52.6 Å². The van der Waals surface area contributed by atoms with Crippen molar-refractivity contribution in [3.8, 4) is 0 Å². The number of ether oxygens (including phenoxy) is 1. The summed E-state index contributed by atoms with van der Waals surface area (Å²) in [6.45, 7) is -0.296. The number of rotatable bonds is 7. The van der Waals surface area contributed by atoms with Crippen molar-refractivity contribution in [2.24, 2.45) is 5.73 Å². The fourth-order valence-electron chi connectivity index (χ4n) is 3.03. The van der Waals surface area contributed by atoms with Gasteiger partial charge in [-0.1, -0.05) is 12.1 Å². The Balaban J connectivity index is 0.000000673. The molecular formula is C22H20F6N4O6S. The standard InChI is InChI=1S/C20H19F3N4O4S.C2HF3O2/c1-31-19(30)14(8-24)27-18(29)16-12(20(21,22)23)7-15(32-16)17(28)26-9-10-3-2-4-13-11(10)5-6-25-13;3-2(4,5)1(6)7/h2-7,14,25H,8-9,24H2,1H3,(H,26,28)(H,27,29);(H,6,7)/t14-;/m0./s1. The van der Waals surface area contributed by atoms with Crippen LogP contribution in [0.5, 0.6) is 0 Å². The second kappa shape index (κ2) is 12.6. The van der Waals surface area contributed by atoms with Gasteiger partial charge in [0.25, 0.3) is 11.8 Å². The largest absolute Gasteiger partial charge is 0.490 e. The van der Waals surface area contributed by atoms with Gasteiger partial charge in [0.05, 0.1) is 17.6 Å². The number of thiophene rings is 1. The maximum Gasteiger partial charge on any atom is 0.490 e. The average Bonchev–Trinajstić information content (AvgIpc) is 3.53. The van der Waals surface area contributed by atoms with E-state index in [1.165, 1.54) is 0 Å². The lowest BCUT2D eigenvalue weighted by atomic mass is 10.1. The summed E-state index contributed by atoms with van der Waals surface area (Å²) >= 11 is 0.372. The van der Waals surface area contributed by atoms with E-state index in [9.17, 15) is 40.7 Å². The lowest BCUT2D eigenvalue weighted by Gasteiger charge is -2.14. The lowest BCUT2D eigenvalue weighted by molar-refractivity contribution is -0.192. The Morgan fingerprint density at radius 2 is 1.74 bits per heavy atom. The monoisotopic (exact) mass is 582 g/mol. The summed E-state index contributed by atoms with van der Waals surface area (Å²) < 4.78 is 76.7. The molecule has 10 nitrogen and oxygen atoms in total. The number of carbonyl (C=O) groups excluding carboxylic acids is 3. The second-order valence-corrected chi connectivity index (χ2v) is 8.53. The van der Waals surface area contributed by atoms with E-state index in [0.717, 1.165) is 23.6 Å². The zero-order valence-corrected chi connectivity index (χ0v) is 20.5. The Labute approximate surface area is 219 Å². The molecule has 1 aromatic carbocycles. The second-order valence-electron chi connectivity index (χ2n) is 7.48. The zero-order valence-electron chi connectivity index (χ0n) is 19.7. The molecule has 17 heteroatoms. The number of alkyl halides is 6. The molecule has 1 atom stereocenters. The minimum atomic E-state index is -5.08. The topological polar surface area (TPSA) is 164 Å². The van der Waals surface area contributed by atoms with Crippen molar-refractivity contribution < 1.29 is 55.4 Å². The molecule has 212 valence electrons. The van der Waals surface area contributed by atoms with Crippen LogP contribution >= 0.6 is 11.3 Å². The van der Waals surface area contributed by atoms with Crippen molar-refractivity contribution in [3.63, 3.8) is 0 Å². The first kappa shape index (κ1) is 31.1. The Morgan fingerprint density at radius 1 is 1.10 bits per heavy atom. The van der Waals surface area contributed by atoms with Crippen molar-refractivity contribution in [2.45, 2.75) is 24.9 Å². The molecule has 0 saturated heterocycles. The van der Waals surface area contributed by atoms with Crippen molar-refractivity contribution in [2.75, 3.05) is 13.7 Å². The minimum absolute atomic E-state index is 0.0758. The number of methoxy groups -OCH3 is 1. The number of nitrogens with two attached hydrogens (primary N) is 1. The van der Waals surface area contributed by atoms with Gasteiger partial charge in [-0.3, -0.25) is 9.59 Å². The summed E-state index contributed by atoms with van der Waals surface area (Å²) in [7, 11) is 1.06. The number of carbonyl (C=O) groups is 4. The molecule has 0 radical (unpaired) electrons. The number of carboxylic acid groups (broad SMARTS) is 1. The van der Waals surface area contributed by atoms with Crippen molar-refractivity contribution >= 4 is 46.0 Å². The fraction of sp³-hybridized carbons (Fsp3) is 0.273. The Morgan fingerprint density at radius 3 is 2.28 bits per heavy atom. The van der Waals surface area contributed by atoms with Gasteiger partial charge in [0.2, 0.25) is 0 Å². The molecule has 0 aliphatic rings. The number of hydrogen-bond acceptors (Lipinski definition) is 7. The summed E-state index contributed by atoms with van der Waals surface area (Å²) in [5.74, 6) is -5.61. The summed E-state index contributed by atoms with van der Waals surface area (Å²) in [4.78, 5) is 47.4. The first-order chi connectivity index (χ1) is 18.1. The molecular weight excluding hydrogens is 562 g/mol. The molecule has 0 aliphatic carbocycles. The van der Waals surface area contributed by atoms with Crippen LogP contribution in [0.15, 0.2) is 36.5 Å². The molecule has 3 aromatic rings. The van der Waals surface area contributed by atoms with Crippen LogP contribution < -0.4 is 16.4 Å². The van der Waals surface area contributed by atoms with E-state index >= 15 is 0 Å². The number of esters is 1. The third-order valence-corrected chi connectivity index (χ3v) is 5.99. The van der Waals surface area contributed by atoms with Crippen LogP contribution in [0.1, 0.15) is 30.5 Å². The van der Waals surface area contributed by atoms with E-state index in [1.807, 2.05) is 12.1 Å². The normalized spacial score (nSPS) is 12.2. The van der Waals surface area contributed by atoms with Crippen LogP contribution in [0.3, 0.4) is 0 Å². The molecule has 39 heavy (non-hydrogen) atoms. The van der Waals surface area contributed by atoms with Crippen LogP contribution in [-0.4, -0.2) is 59.7 Å². The molecule has 2 amide bonds. The molecule has 0 spiro atoms. The highest BCUT2D eigenvalue weighted by Gasteiger charge is 2.39. The Bertz CT molecular complexity index is 1350. The van der Waals surface area contributed by atoms with Gasteiger partial charge in [0.1, 0.15) is 10.9 Å². The van der Waals surface area contributed by atoms with Gasteiger partial charge in [-0.2, -0.15) is 26.3 Å². The third-order valence-electron chi connectivity index (χ3n) is 4.86. The highest BCUT2D eigenvalue weighted by Crippen LogP contribution is 2.37. The zero-order chi connectivity index (χ0) is 29.5. The first-order valence-electron chi connectivity index (χ1n) is 10.5. The van der Waals surface area contributed by atoms with Gasteiger partial charge in [-0.15, -0.1) is 11.3 Å². The molecule has 0 aliphatic heterocycles. The number of fused-ring (bicyclic) bond motifs is 1. The number of aromatic nitrogens is 1. The molecule has 0 fully saturated rings. The van der Waals surface area contributed by atoms with Gasteiger partial charge in [-0.05, 0) is 23.8 Å². The van der Waals surface area contributed by atoms with E-state index in [1.54, 1.807) is 18.3 Å².